The third kappa shape index (κ3) is 3.83. The summed E-state index contributed by atoms with van der Waals surface area (Å²) in [6.45, 7) is 3.76. The Kier molecular flexibility index (Phi) is 4.80. The van der Waals surface area contributed by atoms with E-state index >= 15 is 0 Å². The van der Waals surface area contributed by atoms with Gasteiger partial charge in [0.2, 0.25) is 0 Å². The maximum atomic E-state index is 12.7. The van der Waals surface area contributed by atoms with Crippen LogP contribution in [0.3, 0.4) is 0 Å². The first kappa shape index (κ1) is 16.9. The number of likely N-dealkylation sites (tertiary alicyclic amines) is 1. The molecule has 136 valence electrons. The van der Waals surface area contributed by atoms with Gasteiger partial charge < -0.3 is 20.3 Å². The molecule has 5 nitrogen and oxygen atoms in total. The van der Waals surface area contributed by atoms with Crippen LogP contribution in [-0.2, 0) is 0 Å². The lowest BCUT2D eigenvalue weighted by atomic mass is 9.79. The third-order valence-electron chi connectivity index (χ3n) is 5.34. The van der Waals surface area contributed by atoms with E-state index in [0.29, 0.717) is 5.75 Å². The summed E-state index contributed by atoms with van der Waals surface area (Å²) in [4.78, 5) is 14.7. The summed E-state index contributed by atoms with van der Waals surface area (Å²) in [6, 6.07) is 17.2. The van der Waals surface area contributed by atoms with Gasteiger partial charge in [-0.2, -0.15) is 0 Å². The van der Waals surface area contributed by atoms with E-state index in [1.54, 1.807) is 0 Å². The Labute approximate surface area is 154 Å². The van der Waals surface area contributed by atoms with Crippen molar-refractivity contribution in [2.24, 2.45) is 5.41 Å². The molecule has 1 spiro atoms. The van der Waals surface area contributed by atoms with E-state index in [-0.39, 0.29) is 11.4 Å². The summed E-state index contributed by atoms with van der Waals surface area (Å²) in [6.07, 6.45) is 3.45. The van der Waals surface area contributed by atoms with Crippen molar-refractivity contribution in [2.75, 3.05) is 31.5 Å². The second kappa shape index (κ2) is 7.38. The molecular weight excluding hydrogens is 326 g/mol. The molecule has 2 heterocycles. The highest BCUT2D eigenvalue weighted by atomic mass is 16.5. The number of amides is 2. The van der Waals surface area contributed by atoms with Crippen LogP contribution in [0.25, 0.3) is 0 Å². The number of ether oxygens (including phenoxy) is 1. The van der Waals surface area contributed by atoms with Gasteiger partial charge in [0.25, 0.3) is 0 Å². The molecule has 5 heteroatoms. The van der Waals surface area contributed by atoms with Gasteiger partial charge in [0, 0.05) is 36.8 Å². The molecule has 2 amide bonds. The van der Waals surface area contributed by atoms with Gasteiger partial charge in [-0.25, -0.2) is 4.79 Å². The topological polar surface area (TPSA) is 53.6 Å². The maximum Gasteiger partial charge on any atom is 0.321 e. The summed E-state index contributed by atoms with van der Waals surface area (Å²) in [5, 5.41) is 6.48. The van der Waals surface area contributed by atoms with Gasteiger partial charge >= 0.3 is 6.03 Å². The van der Waals surface area contributed by atoms with E-state index in [0.717, 1.165) is 50.5 Å². The Morgan fingerprint density at radius 3 is 2.73 bits per heavy atom. The van der Waals surface area contributed by atoms with Crippen molar-refractivity contribution in [3.63, 3.8) is 0 Å². The van der Waals surface area contributed by atoms with Gasteiger partial charge in [0.05, 0.1) is 0 Å². The number of nitrogens with zero attached hydrogens (tertiary/aromatic N) is 1. The van der Waals surface area contributed by atoms with Gasteiger partial charge in [0.1, 0.15) is 11.5 Å². The van der Waals surface area contributed by atoms with Crippen LogP contribution in [0.2, 0.25) is 0 Å². The molecule has 2 N–H and O–H groups in total. The van der Waals surface area contributed by atoms with E-state index in [1.807, 2.05) is 59.5 Å². The number of rotatable bonds is 3. The first-order valence-corrected chi connectivity index (χ1v) is 9.32. The summed E-state index contributed by atoms with van der Waals surface area (Å²) in [7, 11) is 0. The second-order valence-corrected chi connectivity index (χ2v) is 7.32. The highest BCUT2D eigenvalue weighted by Gasteiger charge is 2.39. The van der Waals surface area contributed by atoms with Gasteiger partial charge in [-0.3, -0.25) is 0 Å². The SMILES string of the molecule is O=C(Nc1cccc(Oc2ccccc2)c1)N1CCC[C@@]2(CCNC2)C1. The van der Waals surface area contributed by atoms with Crippen LogP contribution >= 0.6 is 0 Å². The number of para-hydroxylation sites is 1. The quantitative estimate of drug-likeness (QED) is 0.876. The molecule has 1 atom stereocenters. The molecule has 26 heavy (non-hydrogen) atoms. The summed E-state index contributed by atoms with van der Waals surface area (Å²) < 4.78 is 5.85. The fraction of sp³-hybridized carbons (Fsp3) is 0.381. The van der Waals surface area contributed by atoms with Crippen LogP contribution in [0.15, 0.2) is 54.6 Å². The zero-order valence-corrected chi connectivity index (χ0v) is 14.9. The Hall–Kier alpha value is -2.53. The fourth-order valence-corrected chi connectivity index (χ4v) is 3.99. The molecule has 0 aliphatic carbocycles. The van der Waals surface area contributed by atoms with Gasteiger partial charge in [-0.15, -0.1) is 0 Å². The van der Waals surface area contributed by atoms with Crippen LogP contribution in [0.1, 0.15) is 19.3 Å². The monoisotopic (exact) mass is 351 g/mol. The number of anilines is 1. The van der Waals surface area contributed by atoms with Crippen molar-refractivity contribution in [2.45, 2.75) is 19.3 Å². The predicted octanol–water partition coefficient (Wildman–Crippen LogP) is 4.09. The van der Waals surface area contributed by atoms with Crippen molar-refractivity contribution < 1.29 is 9.53 Å². The number of hydrogen-bond acceptors (Lipinski definition) is 3. The highest BCUT2D eigenvalue weighted by Crippen LogP contribution is 2.35. The number of urea groups is 1. The smallest absolute Gasteiger partial charge is 0.321 e. The number of benzene rings is 2. The average molecular weight is 351 g/mol. The fourth-order valence-electron chi connectivity index (χ4n) is 3.99. The molecular formula is C21H25N3O2. The lowest BCUT2D eigenvalue weighted by Gasteiger charge is -2.39. The molecule has 4 rings (SSSR count). The van der Waals surface area contributed by atoms with Gasteiger partial charge in [0.15, 0.2) is 0 Å². The number of carbonyl (C=O) groups is 1. The third-order valence-corrected chi connectivity index (χ3v) is 5.34. The minimum atomic E-state index is -0.0205. The molecule has 0 bridgehead atoms. The Balaban J connectivity index is 1.40. The standard InChI is InChI=1S/C21H25N3O2/c25-20(24-13-5-10-21(16-24)11-12-22-15-21)23-17-6-4-9-19(14-17)26-18-7-2-1-3-8-18/h1-4,6-9,14,22H,5,10-13,15-16H2,(H,23,25)/t21-/m0/s1. The minimum absolute atomic E-state index is 0.0205. The predicted molar refractivity (Wildman–Crippen MR) is 103 cm³/mol. The zero-order valence-electron chi connectivity index (χ0n) is 14.9. The molecule has 2 saturated heterocycles. The van der Waals surface area contributed by atoms with E-state index in [9.17, 15) is 4.79 Å². The van der Waals surface area contributed by atoms with E-state index in [4.69, 9.17) is 4.74 Å². The Morgan fingerprint density at radius 1 is 1.08 bits per heavy atom. The van der Waals surface area contributed by atoms with E-state index in [2.05, 4.69) is 10.6 Å². The average Bonchev–Trinajstić information content (AvgIpc) is 3.10. The molecule has 2 aromatic rings. The van der Waals surface area contributed by atoms with Gasteiger partial charge in [-0.1, -0.05) is 24.3 Å². The maximum absolute atomic E-state index is 12.7. The van der Waals surface area contributed by atoms with E-state index < -0.39 is 0 Å². The number of hydrogen-bond donors (Lipinski definition) is 2. The van der Waals surface area contributed by atoms with Crippen LogP contribution in [-0.4, -0.2) is 37.1 Å². The number of nitrogens with one attached hydrogen (secondary N) is 2. The summed E-state index contributed by atoms with van der Waals surface area (Å²) in [5.74, 6) is 1.49. The normalized spacial score (nSPS) is 22.4. The van der Waals surface area contributed by atoms with Crippen LogP contribution in [0.4, 0.5) is 10.5 Å². The lowest BCUT2D eigenvalue weighted by Crippen LogP contribution is -2.48. The Morgan fingerprint density at radius 2 is 1.92 bits per heavy atom. The highest BCUT2D eigenvalue weighted by molar-refractivity contribution is 5.89. The van der Waals surface area contributed by atoms with Crippen LogP contribution in [0.5, 0.6) is 11.5 Å². The Bertz CT molecular complexity index is 757. The van der Waals surface area contributed by atoms with Crippen molar-refractivity contribution in [3.05, 3.63) is 54.6 Å². The molecule has 2 aliphatic heterocycles. The molecule has 2 aliphatic rings. The largest absolute Gasteiger partial charge is 0.457 e. The minimum Gasteiger partial charge on any atom is -0.457 e. The van der Waals surface area contributed by atoms with Crippen LogP contribution in [0, 0.1) is 5.41 Å². The van der Waals surface area contributed by atoms with Crippen molar-refractivity contribution in [1.29, 1.82) is 0 Å². The molecule has 0 radical (unpaired) electrons. The summed E-state index contributed by atoms with van der Waals surface area (Å²) >= 11 is 0. The van der Waals surface area contributed by atoms with Crippen molar-refractivity contribution >= 4 is 11.7 Å². The first-order valence-electron chi connectivity index (χ1n) is 9.32. The van der Waals surface area contributed by atoms with Crippen molar-refractivity contribution in [3.8, 4) is 11.5 Å². The van der Waals surface area contributed by atoms with Crippen LogP contribution < -0.4 is 15.4 Å². The summed E-state index contributed by atoms with van der Waals surface area (Å²) in [5.41, 5.74) is 1.03. The first-order chi connectivity index (χ1) is 12.7. The lowest BCUT2D eigenvalue weighted by molar-refractivity contribution is 0.125. The number of carbonyl (C=O) groups excluding carboxylic acids is 1. The van der Waals surface area contributed by atoms with Crippen molar-refractivity contribution in [1.82, 2.24) is 10.2 Å². The second-order valence-electron chi connectivity index (χ2n) is 7.32. The molecule has 0 aromatic heterocycles. The number of piperidine rings is 1. The molecule has 2 aromatic carbocycles. The molecule has 0 saturated carbocycles. The van der Waals surface area contributed by atoms with Gasteiger partial charge in [-0.05, 0) is 50.1 Å². The van der Waals surface area contributed by atoms with E-state index in [1.165, 1.54) is 6.42 Å². The molecule has 2 fully saturated rings. The molecule has 0 unspecified atom stereocenters. The zero-order chi connectivity index (χ0) is 17.8.